The van der Waals surface area contributed by atoms with Crippen molar-refractivity contribution in [1.82, 2.24) is 20.1 Å². The Balaban J connectivity index is 1.64. The van der Waals surface area contributed by atoms with Crippen LogP contribution in [0, 0.1) is 5.92 Å². The molecule has 1 fully saturated rings. The van der Waals surface area contributed by atoms with E-state index >= 15 is 0 Å². The number of rotatable bonds is 11. The fourth-order valence-corrected chi connectivity index (χ4v) is 3.65. The van der Waals surface area contributed by atoms with Crippen LogP contribution >= 0.6 is 0 Å². The van der Waals surface area contributed by atoms with E-state index in [2.05, 4.69) is 72.1 Å². The van der Waals surface area contributed by atoms with Gasteiger partial charge in [0.1, 0.15) is 6.26 Å². The minimum atomic E-state index is -0.183. The summed E-state index contributed by atoms with van der Waals surface area (Å²) in [6.07, 6.45) is 1.46. The SMILES string of the molecule is CC(C)CNC(=O)c1coc(CN(CCN2CCOCC2)Cc2ccc(C(C)C)cc2)n1. The Morgan fingerprint density at radius 3 is 2.50 bits per heavy atom. The predicted octanol–water partition coefficient (Wildman–Crippen LogP) is 3.52. The maximum Gasteiger partial charge on any atom is 0.273 e. The zero-order valence-electron chi connectivity index (χ0n) is 20.0. The molecular formula is C25H38N4O3. The number of amides is 1. The van der Waals surface area contributed by atoms with E-state index in [0.29, 0.717) is 36.5 Å². The average Bonchev–Trinajstić information content (AvgIpc) is 3.25. The van der Waals surface area contributed by atoms with Gasteiger partial charge in [0.2, 0.25) is 5.89 Å². The molecule has 1 amide bonds. The summed E-state index contributed by atoms with van der Waals surface area (Å²) in [4.78, 5) is 21.5. The number of ether oxygens (including phenoxy) is 1. The summed E-state index contributed by atoms with van der Waals surface area (Å²) >= 11 is 0. The maximum absolute atomic E-state index is 12.3. The number of oxazole rings is 1. The zero-order chi connectivity index (χ0) is 22.9. The molecule has 1 aliphatic rings. The first kappa shape index (κ1) is 24.4. The number of nitrogens with zero attached hydrogens (tertiary/aromatic N) is 3. The van der Waals surface area contributed by atoms with E-state index in [1.807, 2.05) is 0 Å². The summed E-state index contributed by atoms with van der Waals surface area (Å²) in [6.45, 7) is 15.9. The molecule has 176 valence electrons. The second kappa shape index (κ2) is 12.1. The zero-order valence-corrected chi connectivity index (χ0v) is 20.0. The van der Waals surface area contributed by atoms with Gasteiger partial charge < -0.3 is 14.5 Å². The molecule has 0 spiro atoms. The first-order valence-corrected chi connectivity index (χ1v) is 11.7. The van der Waals surface area contributed by atoms with E-state index in [4.69, 9.17) is 9.15 Å². The van der Waals surface area contributed by atoms with Gasteiger partial charge in [0, 0.05) is 39.3 Å². The minimum Gasteiger partial charge on any atom is -0.447 e. The topological polar surface area (TPSA) is 70.8 Å². The van der Waals surface area contributed by atoms with E-state index < -0.39 is 0 Å². The molecule has 7 heteroatoms. The van der Waals surface area contributed by atoms with Crippen molar-refractivity contribution in [2.24, 2.45) is 5.92 Å². The molecule has 0 aliphatic carbocycles. The van der Waals surface area contributed by atoms with Crippen LogP contribution < -0.4 is 5.32 Å². The van der Waals surface area contributed by atoms with Crippen molar-refractivity contribution in [3.05, 3.63) is 53.2 Å². The van der Waals surface area contributed by atoms with Gasteiger partial charge in [-0.1, -0.05) is 52.0 Å². The first-order valence-electron chi connectivity index (χ1n) is 11.7. The van der Waals surface area contributed by atoms with Gasteiger partial charge in [-0.25, -0.2) is 4.98 Å². The third kappa shape index (κ3) is 7.73. The molecule has 1 N–H and O–H groups in total. The van der Waals surface area contributed by atoms with E-state index in [1.165, 1.54) is 17.4 Å². The molecule has 1 aromatic carbocycles. The van der Waals surface area contributed by atoms with Crippen LogP contribution in [0.15, 0.2) is 34.9 Å². The Morgan fingerprint density at radius 1 is 1.12 bits per heavy atom. The molecule has 0 atom stereocenters. The number of benzene rings is 1. The monoisotopic (exact) mass is 442 g/mol. The number of carbonyl (C=O) groups excluding carboxylic acids is 1. The van der Waals surface area contributed by atoms with Crippen molar-refractivity contribution in [2.75, 3.05) is 45.9 Å². The highest BCUT2D eigenvalue weighted by atomic mass is 16.5. The summed E-state index contributed by atoms with van der Waals surface area (Å²) in [5.74, 6) is 1.30. The Bertz CT molecular complexity index is 826. The Hall–Kier alpha value is -2.22. The van der Waals surface area contributed by atoms with Gasteiger partial charge in [0.15, 0.2) is 5.69 Å². The van der Waals surface area contributed by atoms with Crippen molar-refractivity contribution in [2.45, 2.75) is 46.7 Å². The molecular weight excluding hydrogens is 404 g/mol. The summed E-state index contributed by atoms with van der Waals surface area (Å²) in [7, 11) is 0. The van der Waals surface area contributed by atoms with E-state index in [0.717, 1.165) is 45.9 Å². The molecule has 0 unspecified atom stereocenters. The van der Waals surface area contributed by atoms with Crippen LogP contribution in [0.1, 0.15) is 61.1 Å². The third-order valence-corrected chi connectivity index (χ3v) is 5.70. The van der Waals surface area contributed by atoms with Gasteiger partial charge in [-0.15, -0.1) is 0 Å². The molecule has 1 aromatic heterocycles. The fraction of sp³-hybridized carbons (Fsp3) is 0.600. The highest BCUT2D eigenvalue weighted by Crippen LogP contribution is 2.17. The first-order chi connectivity index (χ1) is 15.4. The summed E-state index contributed by atoms with van der Waals surface area (Å²) in [5, 5.41) is 2.89. The highest BCUT2D eigenvalue weighted by Gasteiger charge is 2.17. The third-order valence-electron chi connectivity index (χ3n) is 5.70. The number of aromatic nitrogens is 1. The predicted molar refractivity (Wildman–Crippen MR) is 126 cm³/mol. The second-order valence-electron chi connectivity index (χ2n) is 9.29. The van der Waals surface area contributed by atoms with E-state index in [-0.39, 0.29) is 5.91 Å². The molecule has 2 aromatic rings. The second-order valence-corrected chi connectivity index (χ2v) is 9.29. The van der Waals surface area contributed by atoms with Gasteiger partial charge in [-0.2, -0.15) is 0 Å². The maximum atomic E-state index is 12.3. The van der Waals surface area contributed by atoms with Gasteiger partial charge in [-0.05, 0) is 23.0 Å². The lowest BCUT2D eigenvalue weighted by Crippen LogP contribution is -2.41. The number of morpholine rings is 1. The number of carbonyl (C=O) groups is 1. The standard InChI is InChI=1S/C25H38N4O3/c1-19(2)15-26-25(30)23-18-32-24(27-23)17-29(10-9-28-11-13-31-14-12-28)16-21-5-7-22(8-6-21)20(3)4/h5-8,18-20H,9-17H2,1-4H3,(H,26,30). The molecule has 3 rings (SSSR count). The molecule has 0 saturated carbocycles. The molecule has 32 heavy (non-hydrogen) atoms. The summed E-state index contributed by atoms with van der Waals surface area (Å²) in [6, 6.07) is 8.83. The molecule has 1 saturated heterocycles. The Kier molecular flexibility index (Phi) is 9.26. The Morgan fingerprint density at radius 2 is 1.84 bits per heavy atom. The van der Waals surface area contributed by atoms with Gasteiger partial charge in [0.25, 0.3) is 5.91 Å². The number of hydrogen-bond donors (Lipinski definition) is 1. The van der Waals surface area contributed by atoms with Crippen LogP contribution in [0.4, 0.5) is 0 Å². The van der Waals surface area contributed by atoms with Crippen LogP contribution in [0.5, 0.6) is 0 Å². The quantitative estimate of drug-likeness (QED) is 0.574. The lowest BCUT2D eigenvalue weighted by Gasteiger charge is -2.29. The molecule has 7 nitrogen and oxygen atoms in total. The molecule has 1 aliphatic heterocycles. The van der Waals surface area contributed by atoms with Gasteiger partial charge in [-0.3, -0.25) is 14.6 Å². The number of nitrogens with one attached hydrogen (secondary N) is 1. The average molecular weight is 443 g/mol. The summed E-state index contributed by atoms with van der Waals surface area (Å²) < 4.78 is 11.1. The van der Waals surface area contributed by atoms with Crippen LogP contribution in [0.25, 0.3) is 0 Å². The van der Waals surface area contributed by atoms with Crippen LogP contribution in [-0.2, 0) is 17.8 Å². The smallest absolute Gasteiger partial charge is 0.273 e. The van der Waals surface area contributed by atoms with Crippen LogP contribution in [0.3, 0.4) is 0 Å². The van der Waals surface area contributed by atoms with Crippen molar-refractivity contribution < 1.29 is 13.9 Å². The lowest BCUT2D eigenvalue weighted by molar-refractivity contribution is 0.0320. The minimum absolute atomic E-state index is 0.183. The normalized spacial score (nSPS) is 15.1. The molecule has 0 radical (unpaired) electrons. The van der Waals surface area contributed by atoms with E-state index in [9.17, 15) is 4.79 Å². The number of hydrogen-bond acceptors (Lipinski definition) is 6. The largest absolute Gasteiger partial charge is 0.447 e. The lowest BCUT2D eigenvalue weighted by atomic mass is 10.0. The molecule has 2 heterocycles. The van der Waals surface area contributed by atoms with E-state index in [1.54, 1.807) is 0 Å². The highest BCUT2D eigenvalue weighted by molar-refractivity contribution is 5.91. The van der Waals surface area contributed by atoms with Gasteiger partial charge in [0.05, 0.1) is 19.8 Å². The van der Waals surface area contributed by atoms with Crippen LogP contribution in [0.2, 0.25) is 0 Å². The van der Waals surface area contributed by atoms with Crippen molar-refractivity contribution in [3.8, 4) is 0 Å². The van der Waals surface area contributed by atoms with Gasteiger partial charge >= 0.3 is 0 Å². The van der Waals surface area contributed by atoms with Crippen molar-refractivity contribution in [1.29, 1.82) is 0 Å². The van der Waals surface area contributed by atoms with Crippen molar-refractivity contribution >= 4 is 5.91 Å². The Labute approximate surface area is 192 Å². The fourth-order valence-electron chi connectivity index (χ4n) is 3.65. The van der Waals surface area contributed by atoms with Crippen molar-refractivity contribution in [3.63, 3.8) is 0 Å². The molecule has 0 bridgehead atoms. The van der Waals surface area contributed by atoms with Crippen LogP contribution in [-0.4, -0.2) is 66.6 Å². The summed E-state index contributed by atoms with van der Waals surface area (Å²) in [5.41, 5.74) is 2.95.